The number of nitrogen functional groups attached to an aromatic ring is 1. The normalized spacial score (nSPS) is 10.8. The van der Waals surface area contributed by atoms with Crippen LogP contribution in [0.15, 0.2) is 18.3 Å². The number of hydrogen-bond acceptors (Lipinski definition) is 2. The van der Waals surface area contributed by atoms with Crippen molar-refractivity contribution in [2.75, 3.05) is 5.73 Å². The van der Waals surface area contributed by atoms with Crippen molar-refractivity contribution in [3.8, 4) is 0 Å². The molecule has 0 saturated carbocycles. The predicted molar refractivity (Wildman–Crippen MR) is 46.0 cm³/mol. The van der Waals surface area contributed by atoms with E-state index in [4.69, 9.17) is 5.73 Å². The van der Waals surface area contributed by atoms with E-state index in [2.05, 4.69) is 4.98 Å². The molecule has 14 heavy (non-hydrogen) atoms. The van der Waals surface area contributed by atoms with Crippen LogP contribution in [0.4, 0.5) is 18.9 Å². The highest BCUT2D eigenvalue weighted by Gasteiger charge is 2.14. The molecule has 0 radical (unpaired) electrons. The molecule has 72 valence electrons. The summed E-state index contributed by atoms with van der Waals surface area (Å²) < 4.78 is 39.1. The zero-order valence-corrected chi connectivity index (χ0v) is 6.89. The highest BCUT2D eigenvalue weighted by atomic mass is 19.2. The van der Waals surface area contributed by atoms with Crippen LogP contribution < -0.4 is 5.73 Å². The van der Waals surface area contributed by atoms with Gasteiger partial charge in [0.25, 0.3) is 0 Å². The molecule has 2 aromatic rings. The van der Waals surface area contributed by atoms with Gasteiger partial charge in [0, 0.05) is 18.0 Å². The minimum atomic E-state index is -1.27. The van der Waals surface area contributed by atoms with E-state index in [1.807, 2.05) is 0 Å². The number of aromatic nitrogens is 1. The Bertz CT molecular complexity index is 511. The van der Waals surface area contributed by atoms with Crippen molar-refractivity contribution in [2.45, 2.75) is 0 Å². The smallest absolute Gasteiger partial charge is 0.170 e. The molecule has 0 saturated heterocycles. The summed E-state index contributed by atoms with van der Waals surface area (Å²) in [6.07, 6.45) is 1.23. The van der Waals surface area contributed by atoms with E-state index in [1.165, 1.54) is 12.3 Å². The molecule has 0 atom stereocenters. The molecule has 2 N–H and O–H groups in total. The number of pyridine rings is 1. The second-order valence-electron chi connectivity index (χ2n) is 2.78. The van der Waals surface area contributed by atoms with E-state index < -0.39 is 17.5 Å². The van der Waals surface area contributed by atoms with Gasteiger partial charge >= 0.3 is 0 Å². The predicted octanol–water partition coefficient (Wildman–Crippen LogP) is 2.23. The maximum absolute atomic E-state index is 13.2. The molecule has 0 spiro atoms. The van der Waals surface area contributed by atoms with Gasteiger partial charge in [0.15, 0.2) is 17.5 Å². The Morgan fingerprint density at radius 3 is 2.57 bits per heavy atom. The average molecular weight is 198 g/mol. The molecule has 5 heteroatoms. The summed E-state index contributed by atoms with van der Waals surface area (Å²) in [4.78, 5) is 3.58. The van der Waals surface area contributed by atoms with Crippen molar-refractivity contribution < 1.29 is 13.2 Å². The number of fused-ring (bicyclic) bond motifs is 1. The average Bonchev–Trinajstić information content (AvgIpc) is 2.14. The molecule has 0 amide bonds. The van der Waals surface area contributed by atoms with Crippen LogP contribution in [0.5, 0.6) is 0 Å². The van der Waals surface area contributed by atoms with Gasteiger partial charge in [-0.05, 0) is 6.07 Å². The van der Waals surface area contributed by atoms with Crippen molar-refractivity contribution in [2.24, 2.45) is 0 Å². The van der Waals surface area contributed by atoms with Crippen molar-refractivity contribution in [3.63, 3.8) is 0 Å². The fraction of sp³-hybridized carbons (Fsp3) is 0. The first-order valence-corrected chi connectivity index (χ1v) is 3.79. The summed E-state index contributed by atoms with van der Waals surface area (Å²) in [6.45, 7) is 0. The molecule has 1 aromatic carbocycles. The third kappa shape index (κ3) is 1.09. The lowest BCUT2D eigenvalue weighted by molar-refractivity contribution is 0.505. The fourth-order valence-corrected chi connectivity index (χ4v) is 1.25. The van der Waals surface area contributed by atoms with Crippen molar-refractivity contribution in [1.29, 1.82) is 0 Å². The third-order valence-electron chi connectivity index (χ3n) is 1.89. The van der Waals surface area contributed by atoms with E-state index in [-0.39, 0.29) is 16.6 Å². The van der Waals surface area contributed by atoms with E-state index in [9.17, 15) is 13.2 Å². The Hall–Kier alpha value is -1.78. The summed E-state index contributed by atoms with van der Waals surface area (Å²) in [5.41, 5.74) is 5.08. The van der Waals surface area contributed by atoms with E-state index in [0.717, 1.165) is 0 Å². The largest absolute Gasteiger partial charge is 0.398 e. The molecule has 0 fully saturated rings. The fourth-order valence-electron chi connectivity index (χ4n) is 1.25. The molecule has 1 heterocycles. The Labute approximate surface area is 77.2 Å². The molecule has 0 bridgehead atoms. The zero-order valence-electron chi connectivity index (χ0n) is 6.89. The Kier molecular flexibility index (Phi) is 1.80. The lowest BCUT2D eigenvalue weighted by Gasteiger charge is -2.03. The monoisotopic (exact) mass is 198 g/mol. The van der Waals surface area contributed by atoms with Crippen LogP contribution in [0.1, 0.15) is 0 Å². The van der Waals surface area contributed by atoms with Crippen LogP contribution in [0.3, 0.4) is 0 Å². The first kappa shape index (κ1) is 8.80. The van der Waals surface area contributed by atoms with Crippen LogP contribution in [0.25, 0.3) is 10.9 Å². The van der Waals surface area contributed by atoms with Gasteiger partial charge in [-0.2, -0.15) is 0 Å². The summed E-state index contributed by atoms with van der Waals surface area (Å²) in [5, 5.41) is -0.315. The van der Waals surface area contributed by atoms with E-state index >= 15 is 0 Å². The molecule has 2 rings (SSSR count). The van der Waals surface area contributed by atoms with E-state index in [1.54, 1.807) is 0 Å². The summed E-state index contributed by atoms with van der Waals surface area (Å²) in [7, 11) is 0. The van der Waals surface area contributed by atoms with Crippen LogP contribution in [-0.2, 0) is 0 Å². The summed E-state index contributed by atoms with van der Waals surface area (Å²) >= 11 is 0. The van der Waals surface area contributed by atoms with Gasteiger partial charge < -0.3 is 5.73 Å². The lowest BCUT2D eigenvalue weighted by Crippen LogP contribution is -1.97. The van der Waals surface area contributed by atoms with E-state index in [0.29, 0.717) is 6.07 Å². The van der Waals surface area contributed by atoms with Crippen LogP contribution >= 0.6 is 0 Å². The van der Waals surface area contributed by atoms with Gasteiger partial charge in [-0.15, -0.1) is 0 Å². The maximum atomic E-state index is 13.2. The lowest BCUT2D eigenvalue weighted by atomic mass is 10.1. The molecule has 2 nitrogen and oxygen atoms in total. The number of halogens is 3. The SMILES string of the molecule is Nc1ccnc2c(F)cc(F)c(F)c12. The number of hydrogen-bond donors (Lipinski definition) is 1. The Balaban J connectivity index is 3.03. The molecule has 1 aromatic heterocycles. The number of benzene rings is 1. The topological polar surface area (TPSA) is 38.9 Å². The molecule has 0 aliphatic heterocycles. The van der Waals surface area contributed by atoms with Crippen molar-refractivity contribution in [3.05, 3.63) is 35.8 Å². The standard InChI is InChI=1S/C9H5F3N2/c10-4-3-5(11)9-7(8(4)12)6(13)1-2-14-9/h1-3H,(H2,13,14). The number of nitrogens with zero attached hydrogens (tertiary/aromatic N) is 1. The van der Waals surface area contributed by atoms with Gasteiger partial charge in [0.1, 0.15) is 5.52 Å². The maximum Gasteiger partial charge on any atom is 0.170 e. The first-order chi connectivity index (χ1) is 6.61. The molecule has 0 aliphatic rings. The first-order valence-electron chi connectivity index (χ1n) is 3.79. The van der Waals surface area contributed by atoms with Crippen LogP contribution in [0, 0.1) is 17.5 Å². The molecule has 0 unspecified atom stereocenters. The van der Waals surface area contributed by atoms with Gasteiger partial charge in [0.05, 0.1) is 5.39 Å². The number of rotatable bonds is 0. The Morgan fingerprint density at radius 1 is 1.14 bits per heavy atom. The molecular weight excluding hydrogens is 193 g/mol. The second kappa shape index (κ2) is 2.87. The highest BCUT2D eigenvalue weighted by molar-refractivity contribution is 5.90. The molecule has 0 aliphatic carbocycles. The zero-order chi connectivity index (χ0) is 10.3. The number of anilines is 1. The quantitative estimate of drug-likeness (QED) is 0.659. The van der Waals surface area contributed by atoms with Crippen LogP contribution in [-0.4, -0.2) is 4.98 Å². The Morgan fingerprint density at radius 2 is 1.86 bits per heavy atom. The van der Waals surface area contributed by atoms with Gasteiger partial charge in [-0.3, -0.25) is 4.98 Å². The summed E-state index contributed by atoms with van der Waals surface area (Å²) in [5.74, 6) is -3.37. The summed E-state index contributed by atoms with van der Waals surface area (Å²) in [6, 6.07) is 1.73. The minimum absolute atomic E-state index is 0.0362. The third-order valence-corrected chi connectivity index (χ3v) is 1.89. The van der Waals surface area contributed by atoms with Crippen molar-refractivity contribution >= 4 is 16.6 Å². The van der Waals surface area contributed by atoms with Crippen molar-refractivity contribution in [1.82, 2.24) is 4.98 Å². The van der Waals surface area contributed by atoms with Gasteiger partial charge in [-0.1, -0.05) is 0 Å². The number of nitrogens with two attached hydrogens (primary N) is 1. The minimum Gasteiger partial charge on any atom is -0.398 e. The van der Waals surface area contributed by atoms with Gasteiger partial charge in [-0.25, -0.2) is 13.2 Å². The molecular formula is C9H5F3N2. The second-order valence-corrected chi connectivity index (χ2v) is 2.78. The highest BCUT2D eigenvalue weighted by Crippen LogP contribution is 2.26. The van der Waals surface area contributed by atoms with Crippen LogP contribution in [0.2, 0.25) is 0 Å². The van der Waals surface area contributed by atoms with Gasteiger partial charge in [0.2, 0.25) is 0 Å².